The Morgan fingerprint density at radius 1 is 1.03 bits per heavy atom. The topological polar surface area (TPSA) is 90.7 Å². The van der Waals surface area contributed by atoms with E-state index in [-0.39, 0.29) is 35.6 Å². The molecule has 1 aliphatic rings. The van der Waals surface area contributed by atoms with Crippen molar-refractivity contribution in [3.63, 3.8) is 0 Å². The largest absolute Gasteiger partial charge is 0.494 e. The first-order valence-corrected chi connectivity index (χ1v) is 11.2. The van der Waals surface area contributed by atoms with Gasteiger partial charge in [-0.1, -0.05) is 18.2 Å². The molecule has 0 aliphatic carbocycles. The minimum Gasteiger partial charge on any atom is -0.494 e. The molecule has 0 N–H and O–H groups in total. The molecule has 8 heteroatoms. The summed E-state index contributed by atoms with van der Waals surface area (Å²) in [5.74, 6) is -0.261. The molecule has 0 radical (unpaired) electrons. The lowest BCUT2D eigenvalue weighted by molar-refractivity contribution is -0.149. The van der Waals surface area contributed by atoms with E-state index < -0.39 is 0 Å². The van der Waals surface area contributed by atoms with Crippen molar-refractivity contribution < 1.29 is 19.1 Å². The highest BCUT2D eigenvalue weighted by molar-refractivity contribution is 6.05. The van der Waals surface area contributed by atoms with Crippen molar-refractivity contribution in [3.8, 4) is 11.4 Å². The number of aromatic nitrogens is 2. The van der Waals surface area contributed by atoms with Gasteiger partial charge in [0.15, 0.2) is 5.69 Å². The number of esters is 1. The predicted molar refractivity (Wildman–Crippen MR) is 124 cm³/mol. The monoisotopic (exact) mass is 449 g/mol. The lowest BCUT2D eigenvalue weighted by Crippen LogP contribution is -2.43. The number of rotatable bonds is 6. The fourth-order valence-corrected chi connectivity index (χ4v) is 4.14. The van der Waals surface area contributed by atoms with Crippen molar-refractivity contribution >= 4 is 22.6 Å². The van der Waals surface area contributed by atoms with Crippen molar-refractivity contribution in [2.75, 3.05) is 26.3 Å². The zero-order valence-corrected chi connectivity index (χ0v) is 18.8. The van der Waals surface area contributed by atoms with E-state index in [1.165, 1.54) is 4.68 Å². The summed E-state index contributed by atoms with van der Waals surface area (Å²) in [5.41, 5.74) is 0.407. The second-order valence-electron chi connectivity index (χ2n) is 7.88. The van der Waals surface area contributed by atoms with E-state index in [9.17, 15) is 14.4 Å². The molecule has 1 atom stereocenters. The molecule has 4 rings (SSSR count). The van der Waals surface area contributed by atoms with Crippen LogP contribution in [0.2, 0.25) is 0 Å². The lowest BCUT2D eigenvalue weighted by Gasteiger charge is -2.31. The fourth-order valence-electron chi connectivity index (χ4n) is 4.14. The van der Waals surface area contributed by atoms with Gasteiger partial charge in [-0.2, -0.15) is 9.78 Å². The number of amides is 1. The van der Waals surface area contributed by atoms with Gasteiger partial charge in [0.2, 0.25) is 0 Å². The highest BCUT2D eigenvalue weighted by Crippen LogP contribution is 2.23. The Morgan fingerprint density at radius 2 is 1.76 bits per heavy atom. The van der Waals surface area contributed by atoms with Gasteiger partial charge in [-0.25, -0.2) is 0 Å². The molecular weight excluding hydrogens is 422 g/mol. The Bertz CT molecular complexity index is 1220. The molecule has 0 bridgehead atoms. The smallest absolute Gasteiger partial charge is 0.310 e. The third kappa shape index (κ3) is 4.60. The van der Waals surface area contributed by atoms with Crippen molar-refractivity contribution in [1.29, 1.82) is 0 Å². The number of likely N-dealkylation sites (tertiary alicyclic amines) is 1. The van der Waals surface area contributed by atoms with Crippen LogP contribution < -0.4 is 10.3 Å². The molecule has 1 fully saturated rings. The van der Waals surface area contributed by atoms with Gasteiger partial charge in [-0.05, 0) is 57.0 Å². The quantitative estimate of drug-likeness (QED) is 0.537. The average molecular weight is 450 g/mol. The van der Waals surface area contributed by atoms with Gasteiger partial charge in [0.25, 0.3) is 11.5 Å². The highest BCUT2D eigenvalue weighted by atomic mass is 16.5. The summed E-state index contributed by atoms with van der Waals surface area (Å²) in [6.07, 6.45) is 1.38. The van der Waals surface area contributed by atoms with Crippen molar-refractivity contribution in [1.82, 2.24) is 14.7 Å². The average Bonchev–Trinajstić information content (AvgIpc) is 2.85. The molecule has 0 saturated carbocycles. The number of nitrogens with zero attached hydrogens (tertiary/aromatic N) is 3. The molecule has 3 aromatic rings. The van der Waals surface area contributed by atoms with Crippen molar-refractivity contribution in [2.45, 2.75) is 26.7 Å². The van der Waals surface area contributed by atoms with Crippen molar-refractivity contribution in [3.05, 3.63) is 64.6 Å². The summed E-state index contributed by atoms with van der Waals surface area (Å²) in [6.45, 7) is 5.30. The van der Waals surface area contributed by atoms with Gasteiger partial charge >= 0.3 is 5.97 Å². The molecule has 1 aliphatic heterocycles. The van der Waals surface area contributed by atoms with Crippen LogP contribution in [0.5, 0.6) is 5.75 Å². The maximum absolute atomic E-state index is 13.5. The number of benzene rings is 2. The number of ether oxygens (including phenoxy) is 2. The van der Waals surface area contributed by atoms with E-state index in [4.69, 9.17) is 9.47 Å². The number of piperidine rings is 1. The molecule has 1 aromatic heterocycles. The third-order valence-electron chi connectivity index (χ3n) is 5.73. The van der Waals surface area contributed by atoms with Gasteiger partial charge in [0.05, 0.1) is 30.2 Å². The van der Waals surface area contributed by atoms with Crippen LogP contribution in [0, 0.1) is 5.92 Å². The van der Waals surface area contributed by atoms with Crippen LogP contribution in [0.4, 0.5) is 0 Å². The van der Waals surface area contributed by atoms with Gasteiger partial charge in [-0.3, -0.25) is 14.4 Å². The van der Waals surface area contributed by atoms with Crippen LogP contribution >= 0.6 is 0 Å². The maximum Gasteiger partial charge on any atom is 0.310 e. The summed E-state index contributed by atoms with van der Waals surface area (Å²) in [5, 5.41) is 5.38. The standard InChI is InChI=1S/C25H27N3O5/c1-3-32-19-13-11-18(12-14-19)28-23(29)21-10-6-5-9-20(21)22(26-28)24(30)27-15-7-8-17(16-27)25(31)33-4-2/h5-6,9-14,17H,3-4,7-8,15-16H2,1-2H3/t17-/m0/s1. The minimum absolute atomic E-state index is 0.184. The molecule has 0 unspecified atom stereocenters. The summed E-state index contributed by atoms with van der Waals surface area (Å²) in [6, 6.07) is 14.0. The maximum atomic E-state index is 13.5. The summed E-state index contributed by atoms with van der Waals surface area (Å²) in [4.78, 5) is 40.6. The molecular formula is C25H27N3O5. The zero-order valence-electron chi connectivity index (χ0n) is 18.8. The predicted octanol–water partition coefficient (Wildman–Crippen LogP) is 3.20. The van der Waals surface area contributed by atoms with Gasteiger partial charge in [-0.15, -0.1) is 0 Å². The van der Waals surface area contributed by atoms with E-state index >= 15 is 0 Å². The van der Waals surface area contributed by atoms with E-state index in [1.54, 1.807) is 60.4 Å². The first kappa shape index (κ1) is 22.5. The molecule has 0 spiro atoms. The Morgan fingerprint density at radius 3 is 2.45 bits per heavy atom. The fraction of sp³-hybridized carbons (Fsp3) is 0.360. The number of hydrogen-bond acceptors (Lipinski definition) is 6. The van der Waals surface area contributed by atoms with Crippen LogP contribution in [0.1, 0.15) is 37.2 Å². The third-order valence-corrected chi connectivity index (χ3v) is 5.73. The lowest BCUT2D eigenvalue weighted by atomic mass is 9.97. The Balaban J connectivity index is 1.74. The van der Waals surface area contributed by atoms with E-state index in [0.717, 1.165) is 0 Å². The molecule has 1 saturated heterocycles. The Kier molecular flexibility index (Phi) is 6.72. The zero-order chi connectivity index (χ0) is 23.4. The van der Waals surface area contributed by atoms with Crippen LogP contribution in [-0.4, -0.2) is 52.9 Å². The normalized spacial score (nSPS) is 15.9. The second-order valence-corrected chi connectivity index (χ2v) is 7.88. The van der Waals surface area contributed by atoms with Gasteiger partial charge in [0.1, 0.15) is 5.75 Å². The summed E-state index contributed by atoms with van der Waals surface area (Å²) >= 11 is 0. The van der Waals surface area contributed by atoms with E-state index in [1.807, 2.05) is 6.92 Å². The van der Waals surface area contributed by atoms with Crippen molar-refractivity contribution in [2.24, 2.45) is 5.92 Å². The summed E-state index contributed by atoms with van der Waals surface area (Å²) < 4.78 is 11.9. The molecule has 8 nitrogen and oxygen atoms in total. The van der Waals surface area contributed by atoms with Crippen LogP contribution in [-0.2, 0) is 9.53 Å². The number of fused-ring (bicyclic) bond motifs is 1. The van der Waals surface area contributed by atoms with Crippen LogP contribution in [0.25, 0.3) is 16.5 Å². The van der Waals surface area contributed by atoms with Gasteiger partial charge < -0.3 is 14.4 Å². The minimum atomic E-state index is -0.356. The molecule has 33 heavy (non-hydrogen) atoms. The SMILES string of the molecule is CCOC(=O)[C@H]1CCCN(C(=O)c2nn(-c3ccc(OCC)cc3)c(=O)c3ccccc23)C1. The van der Waals surface area contributed by atoms with E-state index in [0.29, 0.717) is 54.8 Å². The Hall–Kier alpha value is -3.68. The number of carbonyl (C=O) groups excluding carboxylic acids is 2. The number of carbonyl (C=O) groups is 2. The van der Waals surface area contributed by atoms with Gasteiger partial charge in [0, 0.05) is 18.5 Å². The molecule has 1 amide bonds. The summed E-state index contributed by atoms with van der Waals surface area (Å²) in [7, 11) is 0. The molecule has 172 valence electrons. The first-order valence-electron chi connectivity index (χ1n) is 11.2. The Labute approximate surface area is 191 Å². The molecule has 2 aromatic carbocycles. The molecule has 2 heterocycles. The highest BCUT2D eigenvalue weighted by Gasteiger charge is 2.31. The van der Waals surface area contributed by atoms with Crippen LogP contribution in [0.3, 0.4) is 0 Å². The van der Waals surface area contributed by atoms with Crippen LogP contribution in [0.15, 0.2) is 53.3 Å². The number of hydrogen-bond donors (Lipinski definition) is 0. The van der Waals surface area contributed by atoms with E-state index in [2.05, 4.69) is 5.10 Å². The second kappa shape index (κ2) is 9.85. The first-order chi connectivity index (χ1) is 16.0.